The smallest absolute Gasteiger partial charge is 0.257 e. The standard InChI is InChI=1S/C22H23FN4O2/c1-14(15-4-8-18(23)9-5-15)27-13-17(12-20(27)28)21-24-22(29-25-21)16-6-10-19(11-7-16)26(2)3/h4-11,14,17H,12-13H2,1-3H3. The molecular formula is C22H23FN4O2. The normalized spacial score (nSPS) is 17.6. The highest BCUT2D eigenvalue weighted by atomic mass is 19.1. The lowest BCUT2D eigenvalue weighted by molar-refractivity contribution is -0.129. The van der Waals surface area contributed by atoms with Crippen LogP contribution in [0, 0.1) is 5.82 Å². The molecular weight excluding hydrogens is 371 g/mol. The van der Waals surface area contributed by atoms with E-state index in [1.165, 1.54) is 12.1 Å². The highest BCUT2D eigenvalue weighted by Gasteiger charge is 2.36. The van der Waals surface area contributed by atoms with Gasteiger partial charge in [0.1, 0.15) is 5.82 Å². The summed E-state index contributed by atoms with van der Waals surface area (Å²) in [5, 5.41) is 4.12. The fraction of sp³-hybridized carbons (Fsp3) is 0.318. The van der Waals surface area contributed by atoms with Crippen LogP contribution in [0.15, 0.2) is 53.1 Å². The van der Waals surface area contributed by atoms with Gasteiger partial charge in [-0.15, -0.1) is 0 Å². The molecule has 29 heavy (non-hydrogen) atoms. The van der Waals surface area contributed by atoms with Gasteiger partial charge < -0.3 is 14.3 Å². The topological polar surface area (TPSA) is 62.5 Å². The molecule has 1 amide bonds. The molecule has 2 aromatic carbocycles. The van der Waals surface area contributed by atoms with Crippen LogP contribution in [-0.2, 0) is 4.79 Å². The van der Waals surface area contributed by atoms with Crippen molar-refractivity contribution < 1.29 is 13.7 Å². The molecule has 1 fully saturated rings. The van der Waals surface area contributed by atoms with E-state index in [1.807, 2.05) is 50.2 Å². The summed E-state index contributed by atoms with van der Waals surface area (Å²) in [4.78, 5) is 20.9. The number of carbonyl (C=O) groups excluding carboxylic acids is 1. The van der Waals surface area contributed by atoms with Crippen LogP contribution in [0.2, 0.25) is 0 Å². The number of halogens is 1. The van der Waals surface area contributed by atoms with Gasteiger partial charge in [0.25, 0.3) is 5.89 Å². The Morgan fingerprint density at radius 1 is 1.14 bits per heavy atom. The first kappa shape index (κ1) is 19.1. The summed E-state index contributed by atoms with van der Waals surface area (Å²) >= 11 is 0. The van der Waals surface area contributed by atoms with Gasteiger partial charge >= 0.3 is 0 Å². The van der Waals surface area contributed by atoms with Gasteiger partial charge in [-0.05, 0) is 48.9 Å². The molecule has 150 valence electrons. The lowest BCUT2D eigenvalue weighted by Gasteiger charge is -2.25. The lowest BCUT2D eigenvalue weighted by atomic mass is 10.1. The summed E-state index contributed by atoms with van der Waals surface area (Å²) in [5.74, 6) is 0.614. The van der Waals surface area contributed by atoms with E-state index in [2.05, 4.69) is 10.1 Å². The molecule has 0 aliphatic carbocycles. The fourth-order valence-electron chi connectivity index (χ4n) is 3.62. The van der Waals surface area contributed by atoms with Crippen LogP contribution < -0.4 is 4.90 Å². The minimum Gasteiger partial charge on any atom is -0.378 e. The second-order valence-electron chi connectivity index (χ2n) is 7.57. The largest absolute Gasteiger partial charge is 0.378 e. The predicted molar refractivity (Wildman–Crippen MR) is 108 cm³/mol. The Bertz CT molecular complexity index is 998. The number of hydrogen-bond donors (Lipinski definition) is 0. The molecule has 4 rings (SSSR count). The average Bonchev–Trinajstić information content (AvgIpc) is 3.35. The highest BCUT2D eigenvalue weighted by Crippen LogP contribution is 2.33. The zero-order valence-electron chi connectivity index (χ0n) is 16.7. The van der Waals surface area contributed by atoms with Gasteiger partial charge in [0.05, 0.1) is 6.04 Å². The minimum atomic E-state index is -0.287. The van der Waals surface area contributed by atoms with Crippen LogP contribution in [0.5, 0.6) is 0 Å². The van der Waals surface area contributed by atoms with Gasteiger partial charge in [-0.1, -0.05) is 17.3 Å². The molecule has 0 saturated carbocycles. The van der Waals surface area contributed by atoms with Crippen LogP contribution in [0.3, 0.4) is 0 Å². The van der Waals surface area contributed by atoms with Crippen LogP contribution in [0.4, 0.5) is 10.1 Å². The number of benzene rings is 2. The predicted octanol–water partition coefficient (Wildman–Crippen LogP) is 4.02. The molecule has 0 N–H and O–H groups in total. The molecule has 0 radical (unpaired) electrons. The van der Waals surface area contributed by atoms with Crippen molar-refractivity contribution in [3.8, 4) is 11.5 Å². The summed E-state index contributed by atoms with van der Waals surface area (Å²) in [6, 6.07) is 14.0. The Hall–Kier alpha value is -3.22. The molecule has 2 atom stereocenters. The summed E-state index contributed by atoms with van der Waals surface area (Å²) in [6.45, 7) is 2.46. The number of rotatable bonds is 5. The fourth-order valence-corrected chi connectivity index (χ4v) is 3.62. The van der Waals surface area contributed by atoms with E-state index >= 15 is 0 Å². The molecule has 0 bridgehead atoms. The van der Waals surface area contributed by atoms with Crippen LogP contribution in [-0.4, -0.2) is 41.6 Å². The van der Waals surface area contributed by atoms with Crippen LogP contribution in [0.1, 0.15) is 36.7 Å². The van der Waals surface area contributed by atoms with Gasteiger partial charge in [0.2, 0.25) is 5.91 Å². The van der Waals surface area contributed by atoms with Crippen molar-refractivity contribution >= 4 is 11.6 Å². The Morgan fingerprint density at radius 3 is 2.48 bits per heavy atom. The molecule has 1 aromatic heterocycles. The van der Waals surface area contributed by atoms with E-state index in [-0.39, 0.29) is 23.7 Å². The van der Waals surface area contributed by atoms with Gasteiger partial charge in [-0.25, -0.2) is 4.39 Å². The first-order valence-electron chi connectivity index (χ1n) is 9.58. The van der Waals surface area contributed by atoms with Crippen LogP contribution in [0.25, 0.3) is 11.5 Å². The minimum absolute atomic E-state index is 0.0357. The van der Waals surface area contributed by atoms with E-state index in [9.17, 15) is 9.18 Å². The Balaban J connectivity index is 1.49. The summed E-state index contributed by atoms with van der Waals surface area (Å²) in [6.07, 6.45) is 0.337. The second kappa shape index (κ2) is 7.66. The van der Waals surface area contributed by atoms with Crippen molar-refractivity contribution in [2.75, 3.05) is 25.5 Å². The maximum atomic E-state index is 13.2. The van der Waals surface area contributed by atoms with Crippen molar-refractivity contribution in [2.24, 2.45) is 0 Å². The van der Waals surface area contributed by atoms with Crippen LogP contribution >= 0.6 is 0 Å². The molecule has 7 heteroatoms. The molecule has 1 saturated heterocycles. The van der Waals surface area contributed by atoms with E-state index in [4.69, 9.17) is 4.52 Å². The third-order valence-electron chi connectivity index (χ3n) is 5.42. The van der Waals surface area contributed by atoms with Crippen molar-refractivity contribution in [3.05, 3.63) is 65.7 Å². The number of likely N-dealkylation sites (tertiary alicyclic amines) is 1. The molecule has 6 nitrogen and oxygen atoms in total. The molecule has 2 unspecified atom stereocenters. The second-order valence-corrected chi connectivity index (χ2v) is 7.57. The van der Waals surface area contributed by atoms with Crippen molar-refractivity contribution in [2.45, 2.75) is 25.3 Å². The molecule has 3 aromatic rings. The number of nitrogens with zero attached hydrogens (tertiary/aromatic N) is 4. The number of hydrogen-bond acceptors (Lipinski definition) is 5. The Kier molecular flexibility index (Phi) is 5.05. The van der Waals surface area contributed by atoms with Gasteiger partial charge in [-0.3, -0.25) is 4.79 Å². The zero-order chi connectivity index (χ0) is 20.5. The van der Waals surface area contributed by atoms with E-state index in [0.29, 0.717) is 24.7 Å². The van der Waals surface area contributed by atoms with Crippen molar-refractivity contribution in [1.29, 1.82) is 0 Å². The van der Waals surface area contributed by atoms with Gasteiger partial charge in [-0.2, -0.15) is 4.98 Å². The third-order valence-corrected chi connectivity index (χ3v) is 5.42. The van der Waals surface area contributed by atoms with E-state index in [0.717, 1.165) is 16.8 Å². The maximum absolute atomic E-state index is 13.2. The van der Waals surface area contributed by atoms with Crippen molar-refractivity contribution in [1.82, 2.24) is 15.0 Å². The quantitative estimate of drug-likeness (QED) is 0.654. The molecule has 1 aliphatic heterocycles. The summed E-state index contributed by atoms with van der Waals surface area (Å²) < 4.78 is 18.6. The monoisotopic (exact) mass is 394 g/mol. The van der Waals surface area contributed by atoms with E-state index < -0.39 is 0 Å². The Labute approximate surface area is 168 Å². The molecule has 2 heterocycles. The van der Waals surface area contributed by atoms with Gasteiger partial charge in [0.15, 0.2) is 5.82 Å². The number of amides is 1. The SMILES string of the molecule is CC(c1ccc(F)cc1)N1CC(c2noc(-c3ccc(N(C)C)cc3)n2)CC1=O. The van der Waals surface area contributed by atoms with Gasteiger partial charge in [0, 0.05) is 44.2 Å². The number of carbonyl (C=O) groups is 1. The molecule has 1 aliphatic rings. The summed E-state index contributed by atoms with van der Waals surface area (Å²) in [5.41, 5.74) is 2.82. The average molecular weight is 394 g/mol. The molecule has 0 spiro atoms. The third kappa shape index (κ3) is 3.85. The Morgan fingerprint density at radius 2 is 1.83 bits per heavy atom. The van der Waals surface area contributed by atoms with E-state index in [1.54, 1.807) is 17.0 Å². The first-order chi connectivity index (χ1) is 13.9. The number of aromatic nitrogens is 2. The lowest BCUT2D eigenvalue weighted by Crippen LogP contribution is -2.28. The summed E-state index contributed by atoms with van der Waals surface area (Å²) in [7, 11) is 3.96. The highest BCUT2D eigenvalue weighted by molar-refractivity contribution is 5.80. The maximum Gasteiger partial charge on any atom is 0.257 e. The number of anilines is 1. The van der Waals surface area contributed by atoms with Crippen molar-refractivity contribution in [3.63, 3.8) is 0 Å². The first-order valence-corrected chi connectivity index (χ1v) is 9.58. The zero-order valence-corrected chi connectivity index (χ0v) is 16.7.